The number of nitriles is 1. The molecule has 2 aromatic rings. The fourth-order valence-electron chi connectivity index (χ4n) is 1.90. The summed E-state index contributed by atoms with van der Waals surface area (Å²) in [6.45, 7) is -0.00214. The van der Waals surface area contributed by atoms with Gasteiger partial charge in [0.1, 0.15) is 5.82 Å². The summed E-state index contributed by atoms with van der Waals surface area (Å²) >= 11 is 5.66. The van der Waals surface area contributed by atoms with Gasteiger partial charge in [-0.1, -0.05) is 29.8 Å². The van der Waals surface area contributed by atoms with Crippen molar-refractivity contribution in [1.29, 1.82) is 5.26 Å². The standard InChI is InChI=1S/C15H12ClFN2O2S/c16-14-11-13(7-8-15(14)17)22(20,21)19(10-4-9-18)12-5-2-1-3-6-12/h1-3,5-8,11H,4,10H2. The van der Waals surface area contributed by atoms with Crippen LogP contribution >= 0.6 is 11.6 Å². The number of benzene rings is 2. The van der Waals surface area contributed by atoms with Crippen molar-refractivity contribution in [3.63, 3.8) is 0 Å². The molecule has 0 saturated heterocycles. The smallest absolute Gasteiger partial charge is 0.264 e. The Bertz CT molecular complexity index is 804. The second-order valence-corrected chi connectivity index (χ2v) is 6.67. The maximum Gasteiger partial charge on any atom is 0.264 e. The van der Waals surface area contributed by atoms with Crippen molar-refractivity contribution in [1.82, 2.24) is 0 Å². The van der Waals surface area contributed by atoms with Gasteiger partial charge in [0.15, 0.2) is 0 Å². The first-order valence-corrected chi connectivity index (χ1v) is 8.18. The van der Waals surface area contributed by atoms with Crippen molar-refractivity contribution in [2.24, 2.45) is 0 Å². The van der Waals surface area contributed by atoms with Gasteiger partial charge in [-0.15, -0.1) is 0 Å². The van der Waals surface area contributed by atoms with Gasteiger partial charge in [0, 0.05) is 6.54 Å². The molecule has 0 saturated carbocycles. The third-order valence-corrected chi connectivity index (χ3v) is 5.06. The minimum Gasteiger partial charge on any atom is -0.265 e. The van der Waals surface area contributed by atoms with Gasteiger partial charge in [-0.25, -0.2) is 12.8 Å². The van der Waals surface area contributed by atoms with E-state index < -0.39 is 15.8 Å². The molecule has 0 N–H and O–H groups in total. The zero-order chi connectivity index (χ0) is 16.2. The van der Waals surface area contributed by atoms with Crippen molar-refractivity contribution < 1.29 is 12.8 Å². The van der Waals surface area contributed by atoms with E-state index in [1.54, 1.807) is 30.3 Å². The van der Waals surface area contributed by atoms with Crippen molar-refractivity contribution in [3.05, 3.63) is 59.4 Å². The summed E-state index contributed by atoms with van der Waals surface area (Å²) in [5.74, 6) is -0.691. The summed E-state index contributed by atoms with van der Waals surface area (Å²) in [6.07, 6.45) is 0.0308. The average Bonchev–Trinajstić information content (AvgIpc) is 2.51. The summed E-state index contributed by atoms with van der Waals surface area (Å²) in [5, 5.41) is 8.47. The summed E-state index contributed by atoms with van der Waals surface area (Å²) < 4.78 is 39.8. The summed E-state index contributed by atoms with van der Waals surface area (Å²) in [6, 6.07) is 13.5. The molecule has 0 aliphatic rings. The van der Waals surface area contributed by atoms with Crippen LogP contribution in [0.4, 0.5) is 10.1 Å². The van der Waals surface area contributed by atoms with E-state index >= 15 is 0 Å². The number of hydrogen-bond acceptors (Lipinski definition) is 3. The van der Waals surface area contributed by atoms with Crippen LogP contribution in [0.2, 0.25) is 5.02 Å². The third kappa shape index (κ3) is 3.38. The number of anilines is 1. The predicted molar refractivity (Wildman–Crippen MR) is 82.6 cm³/mol. The van der Waals surface area contributed by atoms with Crippen LogP contribution in [-0.2, 0) is 10.0 Å². The van der Waals surface area contributed by atoms with Gasteiger partial charge < -0.3 is 0 Å². The molecule has 0 unspecified atom stereocenters. The molecule has 7 heteroatoms. The number of nitrogens with zero attached hydrogens (tertiary/aromatic N) is 2. The van der Waals surface area contributed by atoms with Crippen LogP contribution in [0.3, 0.4) is 0 Å². The fraction of sp³-hybridized carbons (Fsp3) is 0.133. The first-order chi connectivity index (χ1) is 10.5. The lowest BCUT2D eigenvalue weighted by molar-refractivity contribution is 0.590. The molecule has 0 aliphatic heterocycles. The Hall–Kier alpha value is -2.10. The minimum atomic E-state index is -3.93. The van der Waals surface area contributed by atoms with Gasteiger partial charge in [-0.3, -0.25) is 4.31 Å². The second kappa shape index (κ2) is 6.77. The lowest BCUT2D eigenvalue weighted by Gasteiger charge is -2.23. The molecule has 0 radical (unpaired) electrons. The van der Waals surface area contributed by atoms with Crippen LogP contribution in [0.15, 0.2) is 53.4 Å². The second-order valence-electron chi connectivity index (χ2n) is 4.40. The zero-order valence-corrected chi connectivity index (χ0v) is 13.0. The van der Waals surface area contributed by atoms with Crippen LogP contribution in [0, 0.1) is 17.1 Å². The molecule has 0 heterocycles. The average molecular weight is 339 g/mol. The van der Waals surface area contributed by atoms with Gasteiger partial charge in [0.05, 0.1) is 28.1 Å². The van der Waals surface area contributed by atoms with Gasteiger partial charge in [0.2, 0.25) is 0 Å². The van der Waals surface area contributed by atoms with E-state index in [-0.39, 0.29) is 22.9 Å². The van der Waals surface area contributed by atoms with Crippen molar-refractivity contribution in [2.75, 3.05) is 10.8 Å². The molecule has 0 aliphatic carbocycles. The Kier molecular flexibility index (Phi) is 5.01. The van der Waals surface area contributed by atoms with Crippen LogP contribution in [0.1, 0.15) is 6.42 Å². The van der Waals surface area contributed by atoms with Crippen LogP contribution in [-0.4, -0.2) is 15.0 Å². The SMILES string of the molecule is N#CCCN(c1ccccc1)S(=O)(=O)c1ccc(F)c(Cl)c1. The Balaban J connectivity index is 2.49. The number of para-hydroxylation sites is 1. The number of rotatable bonds is 5. The van der Waals surface area contributed by atoms with E-state index in [4.69, 9.17) is 16.9 Å². The van der Waals surface area contributed by atoms with Crippen LogP contribution in [0.25, 0.3) is 0 Å². The molecule has 0 atom stereocenters. The predicted octanol–water partition coefficient (Wildman–Crippen LogP) is 3.59. The molecule has 2 rings (SSSR count). The van der Waals surface area contributed by atoms with Gasteiger partial charge in [-0.05, 0) is 30.3 Å². The van der Waals surface area contributed by atoms with Gasteiger partial charge >= 0.3 is 0 Å². The van der Waals surface area contributed by atoms with Crippen LogP contribution < -0.4 is 4.31 Å². The van der Waals surface area contributed by atoms with Gasteiger partial charge in [0.25, 0.3) is 10.0 Å². The Labute approximate surface area is 133 Å². The van der Waals surface area contributed by atoms with E-state index in [9.17, 15) is 12.8 Å². The largest absolute Gasteiger partial charge is 0.265 e. The quantitative estimate of drug-likeness (QED) is 0.837. The normalized spacial score (nSPS) is 11.0. The molecule has 0 aromatic heterocycles. The molecule has 0 spiro atoms. The lowest BCUT2D eigenvalue weighted by atomic mass is 10.3. The number of halogens is 2. The first kappa shape index (κ1) is 16.3. The van der Waals surface area contributed by atoms with E-state index in [0.717, 1.165) is 22.5 Å². The highest BCUT2D eigenvalue weighted by Gasteiger charge is 2.25. The monoisotopic (exact) mass is 338 g/mol. The van der Waals surface area contributed by atoms with Crippen molar-refractivity contribution >= 4 is 27.3 Å². The van der Waals surface area contributed by atoms with Gasteiger partial charge in [-0.2, -0.15) is 5.26 Å². The number of hydrogen-bond donors (Lipinski definition) is 0. The molecule has 22 heavy (non-hydrogen) atoms. The molecule has 114 valence electrons. The number of sulfonamides is 1. The zero-order valence-electron chi connectivity index (χ0n) is 11.4. The molecular formula is C15H12ClFN2O2S. The highest BCUT2D eigenvalue weighted by Crippen LogP contribution is 2.26. The summed E-state index contributed by atoms with van der Waals surface area (Å²) in [4.78, 5) is -0.124. The highest BCUT2D eigenvalue weighted by atomic mass is 35.5. The van der Waals surface area contributed by atoms with E-state index in [1.165, 1.54) is 0 Å². The molecule has 2 aromatic carbocycles. The Morgan fingerprint density at radius 1 is 1.18 bits per heavy atom. The molecule has 0 fully saturated rings. The third-order valence-electron chi connectivity index (χ3n) is 2.95. The Morgan fingerprint density at radius 2 is 1.86 bits per heavy atom. The maximum atomic E-state index is 13.2. The highest BCUT2D eigenvalue weighted by molar-refractivity contribution is 7.92. The van der Waals surface area contributed by atoms with E-state index in [2.05, 4.69) is 0 Å². The molecule has 0 amide bonds. The summed E-state index contributed by atoms with van der Waals surface area (Å²) in [7, 11) is -3.93. The Morgan fingerprint density at radius 3 is 2.45 bits per heavy atom. The lowest BCUT2D eigenvalue weighted by Crippen LogP contribution is -2.31. The van der Waals surface area contributed by atoms with Crippen molar-refractivity contribution in [2.45, 2.75) is 11.3 Å². The molecular weight excluding hydrogens is 327 g/mol. The first-order valence-electron chi connectivity index (χ1n) is 6.36. The molecule has 4 nitrogen and oxygen atoms in total. The topological polar surface area (TPSA) is 61.2 Å². The minimum absolute atomic E-state index is 0.00214. The maximum absolute atomic E-state index is 13.2. The fourth-order valence-corrected chi connectivity index (χ4v) is 3.64. The van der Waals surface area contributed by atoms with E-state index in [1.807, 2.05) is 6.07 Å². The summed E-state index contributed by atoms with van der Waals surface area (Å²) in [5.41, 5.74) is 0.429. The van der Waals surface area contributed by atoms with E-state index in [0.29, 0.717) is 5.69 Å². The molecule has 0 bridgehead atoms. The van der Waals surface area contributed by atoms with Crippen molar-refractivity contribution in [3.8, 4) is 6.07 Å². The van der Waals surface area contributed by atoms with Crippen LogP contribution in [0.5, 0.6) is 0 Å².